The fraction of sp³-hybridized carbons (Fsp3) is 0.231. The van der Waals surface area contributed by atoms with E-state index in [1.54, 1.807) is 11.3 Å². The van der Waals surface area contributed by atoms with Gasteiger partial charge in [-0.1, -0.05) is 24.6 Å². The molecule has 2 rings (SSSR count). The van der Waals surface area contributed by atoms with Crippen LogP contribution in [0.3, 0.4) is 0 Å². The lowest BCUT2D eigenvalue weighted by Crippen LogP contribution is -2.12. The van der Waals surface area contributed by atoms with E-state index in [4.69, 9.17) is 11.6 Å². The highest BCUT2D eigenvalue weighted by Gasteiger charge is 2.03. The summed E-state index contributed by atoms with van der Waals surface area (Å²) in [6, 6.07) is 8.33. The molecule has 0 aliphatic heterocycles. The normalized spacial score (nSPS) is 10.6. The van der Waals surface area contributed by atoms with Crippen LogP contribution in [-0.4, -0.2) is 6.54 Å². The zero-order valence-corrected chi connectivity index (χ0v) is 10.7. The molecule has 0 aliphatic carbocycles. The van der Waals surface area contributed by atoms with Gasteiger partial charge in [0.1, 0.15) is 0 Å². The third kappa shape index (κ3) is 2.64. The lowest BCUT2D eigenvalue weighted by molar-refractivity contribution is 0.727. The predicted octanol–water partition coefficient (Wildman–Crippen LogP) is 4.18. The topological polar surface area (TPSA) is 12.0 Å². The predicted molar refractivity (Wildman–Crippen MR) is 72.1 cm³/mol. The van der Waals surface area contributed by atoms with Gasteiger partial charge in [-0.2, -0.15) is 11.3 Å². The number of rotatable bonds is 4. The van der Waals surface area contributed by atoms with E-state index in [0.29, 0.717) is 0 Å². The first-order chi connectivity index (χ1) is 7.81. The quantitative estimate of drug-likeness (QED) is 0.860. The summed E-state index contributed by atoms with van der Waals surface area (Å²) in [5.41, 5.74) is 3.66. The second-order valence-electron chi connectivity index (χ2n) is 3.60. The van der Waals surface area contributed by atoms with E-state index in [2.05, 4.69) is 41.2 Å². The summed E-state index contributed by atoms with van der Waals surface area (Å²) in [6.45, 7) is 3.88. The Kier molecular flexibility index (Phi) is 3.99. The molecule has 84 valence electrons. The summed E-state index contributed by atoms with van der Waals surface area (Å²) in [6.07, 6.45) is 0. The average molecular weight is 252 g/mol. The van der Waals surface area contributed by atoms with Gasteiger partial charge in [-0.25, -0.2) is 0 Å². The van der Waals surface area contributed by atoms with Gasteiger partial charge in [0, 0.05) is 11.6 Å². The first-order valence-corrected chi connectivity index (χ1v) is 6.65. The van der Waals surface area contributed by atoms with Crippen LogP contribution in [0, 0.1) is 0 Å². The van der Waals surface area contributed by atoms with Gasteiger partial charge >= 0.3 is 0 Å². The maximum Gasteiger partial charge on any atom is 0.0451 e. The minimum atomic E-state index is 0.827. The second-order valence-corrected chi connectivity index (χ2v) is 4.79. The fourth-order valence-corrected chi connectivity index (χ4v) is 2.43. The molecule has 1 N–H and O–H groups in total. The molecule has 0 unspecified atom stereocenters. The first-order valence-electron chi connectivity index (χ1n) is 5.33. The molecule has 0 atom stereocenters. The van der Waals surface area contributed by atoms with Gasteiger partial charge < -0.3 is 5.32 Å². The number of halogens is 1. The second kappa shape index (κ2) is 5.48. The molecule has 0 bridgehead atoms. The van der Waals surface area contributed by atoms with Crippen LogP contribution in [0.2, 0.25) is 5.02 Å². The Labute approximate surface area is 105 Å². The van der Waals surface area contributed by atoms with E-state index in [9.17, 15) is 0 Å². The van der Waals surface area contributed by atoms with Crippen molar-refractivity contribution in [1.82, 2.24) is 5.32 Å². The summed E-state index contributed by atoms with van der Waals surface area (Å²) in [5.74, 6) is 0. The molecule has 16 heavy (non-hydrogen) atoms. The maximum atomic E-state index is 6.16. The summed E-state index contributed by atoms with van der Waals surface area (Å²) < 4.78 is 0. The van der Waals surface area contributed by atoms with Crippen LogP contribution in [0.25, 0.3) is 11.1 Å². The summed E-state index contributed by atoms with van der Waals surface area (Å²) in [5, 5.41) is 8.37. The zero-order chi connectivity index (χ0) is 11.4. The van der Waals surface area contributed by atoms with Crippen LogP contribution in [-0.2, 0) is 6.54 Å². The molecule has 0 amide bonds. The zero-order valence-electron chi connectivity index (χ0n) is 9.16. The third-order valence-electron chi connectivity index (χ3n) is 2.47. The molecule has 0 saturated carbocycles. The molecule has 1 aromatic heterocycles. The smallest absolute Gasteiger partial charge is 0.0451 e. The van der Waals surface area contributed by atoms with Gasteiger partial charge in [-0.05, 0) is 52.2 Å². The van der Waals surface area contributed by atoms with Gasteiger partial charge in [-0.3, -0.25) is 0 Å². The molecule has 2 aromatic rings. The molecule has 0 saturated heterocycles. The van der Waals surface area contributed by atoms with Crippen molar-refractivity contribution in [2.24, 2.45) is 0 Å². The number of hydrogen-bond donors (Lipinski definition) is 1. The Bertz CT molecular complexity index is 451. The van der Waals surface area contributed by atoms with Gasteiger partial charge in [0.05, 0.1) is 0 Å². The molecule has 0 radical (unpaired) electrons. The summed E-state index contributed by atoms with van der Waals surface area (Å²) >= 11 is 7.87. The Hall–Kier alpha value is -0.830. The maximum absolute atomic E-state index is 6.16. The van der Waals surface area contributed by atoms with Crippen LogP contribution in [0.5, 0.6) is 0 Å². The fourth-order valence-electron chi connectivity index (χ4n) is 1.58. The third-order valence-corrected chi connectivity index (χ3v) is 3.52. The Morgan fingerprint density at radius 3 is 2.81 bits per heavy atom. The van der Waals surface area contributed by atoms with Crippen molar-refractivity contribution in [2.75, 3.05) is 6.54 Å². The minimum absolute atomic E-state index is 0.827. The largest absolute Gasteiger partial charge is 0.313 e. The van der Waals surface area contributed by atoms with E-state index >= 15 is 0 Å². The number of hydrogen-bond acceptors (Lipinski definition) is 2. The van der Waals surface area contributed by atoms with Crippen molar-refractivity contribution >= 4 is 22.9 Å². The SMILES string of the molecule is CCNCc1cc(-c2ccsc2)ccc1Cl. The van der Waals surface area contributed by atoms with Crippen LogP contribution in [0.4, 0.5) is 0 Å². The van der Waals surface area contributed by atoms with Crippen LogP contribution >= 0.6 is 22.9 Å². The van der Waals surface area contributed by atoms with Gasteiger partial charge in [0.15, 0.2) is 0 Å². The van der Waals surface area contributed by atoms with Crippen LogP contribution in [0.1, 0.15) is 12.5 Å². The van der Waals surface area contributed by atoms with Crippen molar-refractivity contribution in [3.05, 3.63) is 45.6 Å². The first kappa shape index (κ1) is 11.6. The van der Waals surface area contributed by atoms with E-state index in [0.717, 1.165) is 23.7 Å². The molecule has 0 aliphatic rings. The minimum Gasteiger partial charge on any atom is -0.313 e. The molecular weight excluding hydrogens is 238 g/mol. The summed E-state index contributed by atoms with van der Waals surface area (Å²) in [7, 11) is 0. The average Bonchev–Trinajstić information content (AvgIpc) is 2.81. The van der Waals surface area contributed by atoms with Crippen LogP contribution < -0.4 is 5.32 Å². The number of benzene rings is 1. The van der Waals surface area contributed by atoms with Crippen LogP contribution in [0.15, 0.2) is 35.0 Å². The molecular formula is C13H14ClNS. The molecule has 1 heterocycles. The molecule has 1 aromatic carbocycles. The Balaban J connectivity index is 2.28. The molecule has 3 heteroatoms. The van der Waals surface area contributed by atoms with Gasteiger partial charge in [-0.15, -0.1) is 0 Å². The van der Waals surface area contributed by atoms with Crippen molar-refractivity contribution in [3.8, 4) is 11.1 Å². The van der Waals surface area contributed by atoms with E-state index in [-0.39, 0.29) is 0 Å². The van der Waals surface area contributed by atoms with E-state index in [1.165, 1.54) is 11.1 Å². The van der Waals surface area contributed by atoms with Gasteiger partial charge in [0.2, 0.25) is 0 Å². The summed E-state index contributed by atoms with van der Waals surface area (Å²) in [4.78, 5) is 0. The number of thiophene rings is 1. The highest BCUT2D eigenvalue weighted by atomic mass is 35.5. The van der Waals surface area contributed by atoms with E-state index < -0.39 is 0 Å². The highest BCUT2D eigenvalue weighted by Crippen LogP contribution is 2.26. The standard InChI is InChI=1S/C13H14ClNS/c1-2-15-8-12-7-10(3-4-13(12)14)11-5-6-16-9-11/h3-7,9,15H,2,8H2,1H3. The van der Waals surface area contributed by atoms with Crippen molar-refractivity contribution in [1.29, 1.82) is 0 Å². The lowest BCUT2D eigenvalue weighted by Gasteiger charge is -2.07. The lowest BCUT2D eigenvalue weighted by atomic mass is 10.1. The van der Waals surface area contributed by atoms with Crippen molar-refractivity contribution in [3.63, 3.8) is 0 Å². The molecule has 1 nitrogen and oxygen atoms in total. The molecule has 0 fully saturated rings. The van der Waals surface area contributed by atoms with Gasteiger partial charge in [0.25, 0.3) is 0 Å². The Morgan fingerprint density at radius 2 is 2.12 bits per heavy atom. The molecule has 0 spiro atoms. The van der Waals surface area contributed by atoms with E-state index in [1.807, 2.05) is 6.07 Å². The van der Waals surface area contributed by atoms with Crippen molar-refractivity contribution in [2.45, 2.75) is 13.5 Å². The van der Waals surface area contributed by atoms with Crippen molar-refractivity contribution < 1.29 is 0 Å². The Morgan fingerprint density at radius 1 is 1.25 bits per heavy atom. The number of nitrogens with one attached hydrogen (secondary N) is 1. The highest BCUT2D eigenvalue weighted by molar-refractivity contribution is 7.08. The monoisotopic (exact) mass is 251 g/mol.